The Labute approximate surface area is 267 Å². The van der Waals surface area contributed by atoms with Crippen LogP contribution in [0.2, 0.25) is 5.02 Å². The molecule has 1 amide bonds. The van der Waals surface area contributed by atoms with E-state index in [1.165, 1.54) is 12.1 Å². The molecule has 4 aliphatic rings. The van der Waals surface area contributed by atoms with Crippen LogP contribution in [0.4, 0.5) is 4.39 Å². The number of nitriles is 2. The van der Waals surface area contributed by atoms with Gasteiger partial charge in [-0.05, 0) is 55.1 Å². The molecule has 2 aromatic rings. The Balaban J connectivity index is 1.40. The quantitative estimate of drug-likeness (QED) is 0.395. The van der Waals surface area contributed by atoms with Gasteiger partial charge in [-0.1, -0.05) is 60.7 Å². The van der Waals surface area contributed by atoms with Crippen LogP contribution in [-0.2, 0) is 9.53 Å². The molecule has 4 atom stereocenters. The number of likely N-dealkylation sites (N-methyl/N-ethyl adjacent to an activating group) is 1. The molecule has 0 aromatic heterocycles. The molecule has 0 bridgehead atoms. The molecule has 6 rings (SSSR count). The SMILES string of the molecule is C=CC(=O)N1CCN(C2=C(C#N)C(OC[C@@H]3CCCN3C)=NC3C=C(c4cccc5ccc(F)c(Cl)c45)C=CC23)C[C@@H]1CC#N. The van der Waals surface area contributed by atoms with Gasteiger partial charge in [0.25, 0.3) is 0 Å². The highest BCUT2D eigenvalue weighted by molar-refractivity contribution is 6.36. The van der Waals surface area contributed by atoms with E-state index in [1.807, 2.05) is 36.4 Å². The zero-order valence-corrected chi connectivity index (χ0v) is 25.9. The second-order valence-electron chi connectivity index (χ2n) is 11.9. The topological polar surface area (TPSA) is 96.0 Å². The highest BCUT2D eigenvalue weighted by atomic mass is 35.5. The van der Waals surface area contributed by atoms with Crippen LogP contribution in [0, 0.1) is 34.4 Å². The van der Waals surface area contributed by atoms with Crippen molar-refractivity contribution >= 4 is 39.8 Å². The van der Waals surface area contributed by atoms with Crippen molar-refractivity contribution in [2.24, 2.45) is 10.9 Å². The molecule has 0 N–H and O–H groups in total. The zero-order chi connectivity index (χ0) is 31.7. The van der Waals surface area contributed by atoms with Gasteiger partial charge in [0.15, 0.2) is 0 Å². The van der Waals surface area contributed by atoms with E-state index in [2.05, 4.69) is 35.6 Å². The van der Waals surface area contributed by atoms with Gasteiger partial charge in [0.05, 0.1) is 29.6 Å². The van der Waals surface area contributed by atoms with E-state index >= 15 is 0 Å². The minimum absolute atomic E-state index is 0.0687. The number of allylic oxidation sites excluding steroid dienone is 2. The van der Waals surface area contributed by atoms with Crippen molar-refractivity contribution < 1.29 is 13.9 Å². The summed E-state index contributed by atoms with van der Waals surface area (Å²) in [6.45, 7) is 6.29. The van der Waals surface area contributed by atoms with Gasteiger partial charge in [0.1, 0.15) is 24.1 Å². The van der Waals surface area contributed by atoms with Crippen LogP contribution in [0.25, 0.3) is 16.3 Å². The minimum atomic E-state index is -0.483. The smallest absolute Gasteiger partial charge is 0.246 e. The summed E-state index contributed by atoms with van der Waals surface area (Å²) >= 11 is 6.49. The molecule has 0 saturated carbocycles. The fraction of sp³-hybridized carbons (Fsp3) is 0.371. The molecule has 2 aromatic carbocycles. The first kappa shape index (κ1) is 30.6. The summed E-state index contributed by atoms with van der Waals surface area (Å²) in [4.78, 5) is 23.7. The van der Waals surface area contributed by atoms with Crippen molar-refractivity contribution in [2.75, 3.05) is 39.8 Å². The fourth-order valence-electron chi connectivity index (χ4n) is 6.95. The number of dihydropyridines is 1. The van der Waals surface area contributed by atoms with Crippen molar-refractivity contribution in [3.05, 3.63) is 88.9 Å². The average molecular weight is 625 g/mol. The van der Waals surface area contributed by atoms with Crippen LogP contribution in [0.5, 0.6) is 0 Å². The maximum Gasteiger partial charge on any atom is 0.246 e. The molecule has 3 aliphatic heterocycles. The fourth-order valence-corrected chi connectivity index (χ4v) is 7.22. The second kappa shape index (κ2) is 12.9. The molecular weight excluding hydrogens is 591 g/mol. The summed E-state index contributed by atoms with van der Waals surface area (Å²) < 4.78 is 20.9. The zero-order valence-electron chi connectivity index (χ0n) is 25.1. The highest BCUT2D eigenvalue weighted by Crippen LogP contribution is 2.41. The Hall–Kier alpha value is -4.44. The molecule has 1 aliphatic carbocycles. The predicted octanol–water partition coefficient (Wildman–Crippen LogP) is 5.48. The summed E-state index contributed by atoms with van der Waals surface area (Å²) in [7, 11) is 2.07. The molecule has 2 fully saturated rings. The number of amides is 1. The minimum Gasteiger partial charge on any atom is -0.475 e. The molecule has 10 heteroatoms. The number of carbonyl (C=O) groups is 1. The van der Waals surface area contributed by atoms with Gasteiger partial charge in [-0.2, -0.15) is 10.5 Å². The summed E-state index contributed by atoms with van der Waals surface area (Å²) in [5.74, 6) is -0.685. The number of fused-ring (bicyclic) bond motifs is 2. The maximum atomic E-state index is 14.6. The second-order valence-corrected chi connectivity index (χ2v) is 12.2. The lowest BCUT2D eigenvalue weighted by molar-refractivity contribution is -0.130. The van der Waals surface area contributed by atoms with Gasteiger partial charge in [-0.25, -0.2) is 9.38 Å². The van der Waals surface area contributed by atoms with Crippen molar-refractivity contribution in [3.63, 3.8) is 0 Å². The number of likely N-dealkylation sites (tertiary alicyclic amines) is 1. The van der Waals surface area contributed by atoms with Crippen LogP contribution in [-0.4, -0.2) is 84.5 Å². The van der Waals surface area contributed by atoms with E-state index in [0.717, 1.165) is 41.6 Å². The van der Waals surface area contributed by atoms with Crippen molar-refractivity contribution in [3.8, 4) is 12.1 Å². The predicted molar refractivity (Wildman–Crippen MR) is 172 cm³/mol. The molecular formula is C35H34ClFN6O2. The number of piperazine rings is 1. The van der Waals surface area contributed by atoms with Crippen LogP contribution in [0.3, 0.4) is 0 Å². The number of hydrogen-bond donors (Lipinski definition) is 0. The standard InChI is InChI=1S/C35H34ClFN6O2/c1-3-31(44)43-17-16-42(20-24(43)13-14-38)34-27-11-9-23(26-8-4-6-22-10-12-29(37)33(36)32(22)26)18-30(27)40-35(28(34)19-39)45-21-25-7-5-15-41(25)2/h3-4,6,8-12,18,24-25,27,30H,1,5,7,13,15-17,20-21H2,2H3/t24-,25-,27?,30?/m0/s1. The van der Waals surface area contributed by atoms with Crippen molar-refractivity contribution in [2.45, 2.75) is 37.4 Å². The molecule has 0 spiro atoms. The molecule has 2 unspecified atom stereocenters. The summed E-state index contributed by atoms with van der Waals surface area (Å²) in [5.41, 5.74) is 2.78. The van der Waals surface area contributed by atoms with E-state index in [9.17, 15) is 19.7 Å². The summed E-state index contributed by atoms with van der Waals surface area (Å²) in [6, 6.07) is 12.9. The monoisotopic (exact) mass is 624 g/mol. The van der Waals surface area contributed by atoms with E-state index in [1.54, 1.807) is 11.0 Å². The first-order valence-electron chi connectivity index (χ1n) is 15.2. The lowest BCUT2D eigenvalue weighted by Crippen LogP contribution is -2.55. The number of benzene rings is 2. The third kappa shape index (κ3) is 5.75. The van der Waals surface area contributed by atoms with Crippen LogP contribution >= 0.6 is 11.6 Å². The number of hydrogen-bond acceptors (Lipinski definition) is 7. The molecule has 0 radical (unpaired) electrons. The number of nitrogens with zero attached hydrogens (tertiary/aromatic N) is 6. The molecule has 2 saturated heterocycles. The molecule has 230 valence electrons. The van der Waals surface area contributed by atoms with Gasteiger partial charge < -0.3 is 19.4 Å². The van der Waals surface area contributed by atoms with Gasteiger partial charge >= 0.3 is 0 Å². The van der Waals surface area contributed by atoms with Gasteiger partial charge in [0.2, 0.25) is 11.8 Å². The maximum absolute atomic E-state index is 14.6. The first-order valence-corrected chi connectivity index (χ1v) is 15.6. The van der Waals surface area contributed by atoms with Gasteiger partial charge in [0, 0.05) is 42.7 Å². The summed E-state index contributed by atoms with van der Waals surface area (Å²) in [5, 5.41) is 21.6. The lowest BCUT2D eigenvalue weighted by atomic mass is 9.82. The molecule has 3 heterocycles. The Bertz CT molecular complexity index is 1750. The van der Waals surface area contributed by atoms with Gasteiger partial charge in [-0.3, -0.25) is 4.79 Å². The van der Waals surface area contributed by atoms with Gasteiger partial charge in [-0.15, -0.1) is 0 Å². The Morgan fingerprint density at radius 1 is 1.22 bits per heavy atom. The van der Waals surface area contributed by atoms with E-state index < -0.39 is 11.9 Å². The van der Waals surface area contributed by atoms with Crippen molar-refractivity contribution in [1.29, 1.82) is 10.5 Å². The van der Waals surface area contributed by atoms with Crippen molar-refractivity contribution in [1.82, 2.24) is 14.7 Å². The molecule has 8 nitrogen and oxygen atoms in total. The number of carbonyl (C=O) groups excluding carboxylic acids is 1. The average Bonchev–Trinajstić information content (AvgIpc) is 3.48. The van der Waals surface area contributed by atoms with E-state index in [-0.39, 0.29) is 35.4 Å². The largest absolute Gasteiger partial charge is 0.475 e. The molecule has 45 heavy (non-hydrogen) atoms. The lowest BCUT2D eigenvalue weighted by Gasteiger charge is -2.45. The third-order valence-electron chi connectivity index (χ3n) is 9.30. The van der Waals surface area contributed by atoms with Crippen LogP contribution in [0.1, 0.15) is 24.8 Å². The normalized spacial score (nSPS) is 24.9. The van der Waals surface area contributed by atoms with Crippen LogP contribution in [0.15, 0.2) is 77.5 Å². The highest BCUT2D eigenvalue weighted by Gasteiger charge is 2.40. The number of halogens is 2. The van der Waals surface area contributed by atoms with Crippen LogP contribution < -0.4 is 0 Å². The number of ether oxygens (including phenoxy) is 1. The Morgan fingerprint density at radius 3 is 2.80 bits per heavy atom. The Kier molecular flexibility index (Phi) is 8.76. The number of rotatable bonds is 6. The summed E-state index contributed by atoms with van der Waals surface area (Å²) in [6.07, 6.45) is 9.57. The number of aliphatic imine (C=N–C) groups is 1. The van der Waals surface area contributed by atoms with E-state index in [4.69, 9.17) is 21.3 Å². The third-order valence-corrected chi connectivity index (χ3v) is 9.67. The first-order chi connectivity index (χ1) is 21.8. The van der Waals surface area contributed by atoms with E-state index in [0.29, 0.717) is 43.1 Å². The Morgan fingerprint density at radius 2 is 2.07 bits per heavy atom.